The van der Waals surface area contributed by atoms with Crippen molar-refractivity contribution in [3.8, 4) is 5.69 Å². The molecule has 1 aliphatic heterocycles. The molecule has 1 saturated carbocycles. The van der Waals surface area contributed by atoms with Crippen LogP contribution in [0, 0.1) is 18.6 Å². The molecule has 37 heavy (non-hydrogen) atoms. The summed E-state index contributed by atoms with van der Waals surface area (Å²) in [5.41, 5.74) is 3.37. The number of amides is 2. The first kappa shape index (κ1) is 25.4. The van der Waals surface area contributed by atoms with Gasteiger partial charge in [-0.3, -0.25) is 10.2 Å². The lowest BCUT2D eigenvalue weighted by atomic mass is 9.82. The van der Waals surface area contributed by atoms with Gasteiger partial charge >= 0.3 is 6.03 Å². The summed E-state index contributed by atoms with van der Waals surface area (Å²) in [4.78, 5) is 15.5. The van der Waals surface area contributed by atoms with E-state index in [1.807, 2.05) is 37.3 Å². The van der Waals surface area contributed by atoms with Crippen molar-refractivity contribution in [1.29, 1.82) is 0 Å². The number of ether oxygens (including phenoxy) is 1. The van der Waals surface area contributed by atoms with Crippen molar-refractivity contribution in [1.82, 2.24) is 20.0 Å². The number of hydrogen-bond acceptors (Lipinski definition) is 4. The summed E-state index contributed by atoms with van der Waals surface area (Å²) in [6, 6.07) is 12.6. The van der Waals surface area contributed by atoms with E-state index < -0.39 is 11.6 Å². The molecule has 9 heteroatoms. The second kappa shape index (κ2) is 11.0. The number of anilines is 1. The van der Waals surface area contributed by atoms with Crippen LogP contribution < -0.4 is 10.6 Å². The molecule has 0 spiro atoms. The van der Waals surface area contributed by atoms with Crippen molar-refractivity contribution in [2.24, 2.45) is 0 Å². The number of urea groups is 1. The highest BCUT2D eigenvalue weighted by Gasteiger charge is 2.36. The molecule has 3 aromatic rings. The third-order valence-corrected chi connectivity index (χ3v) is 7.52. The second-order valence-electron chi connectivity index (χ2n) is 10.0. The van der Waals surface area contributed by atoms with Crippen molar-refractivity contribution >= 4 is 11.8 Å². The average Bonchev–Trinajstić information content (AvgIpc) is 3.38. The number of nitrogens with one attached hydrogen (secondary N) is 2. The summed E-state index contributed by atoms with van der Waals surface area (Å²) in [5.74, 6) is -0.476. The van der Waals surface area contributed by atoms with Crippen molar-refractivity contribution < 1.29 is 18.3 Å². The fraction of sp³-hybridized carbons (Fsp3) is 0.429. The normalized spacial score (nSPS) is 20.1. The van der Waals surface area contributed by atoms with E-state index in [9.17, 15) is 13.6 Å². The van der Waals surface area contributed by atoms with Crippen LogP contribution in [0.25, 0.3) is 5.69 Å². The Balaban J connectivity index is 1.38. The highest BCUT2D eigenvalue weighted by molar-refractivity contribution is 5.90. The number of hydrogen-bond donors (Lipinski definition) is 2. The van der Waals surface area contributed by atoms with Crippen molar-refractivity contribution in [2.75, 3.05) is 38.7 Å². The first-order chi connectivity index (χ1) is 17.9. The van der Waals surface area contributed by atoms with E-state index in [1.165, 1.54) is 18.6 Å². The number of para-hydroxylation sites is 1. The molecule has 0 unspecified atom stereocenters. The van der Waals surface area contributed by atoms with Crippen molar-refractivity contribution in [3.05, 3.63) is 77.0 Å². The molecule has 7 nitrogen and oxygen atoms in total. The van der Waals surface area contributed by atoms with Gasteiger partial charge in [-0.1, -0.05) is 24.6 Å². The molecule has 2 heterocycles. The zero-order chi connectivity index (χ0) is 25.9. The SMILES string of the molecule is COCCN1C[C@@H](NC(=O)Nc2c(C)c(C3CCC3)nn2-c2ccccc2)[C@H](c2cc(F)cc(F)c2)C1. The third kappa shape index (κ3) is 5.52. The molecule has 2 aromatic carbocycles. The molecular formula is C28H33F2N5O2. The molecular weight excluding hydrogens is 476 g/mol. The monoisotopic (exact) mass is 509 g/mol. The lowest BCUT2D eigenvalue weighted by Gasteiger charge is -2.24. The molecule has 0 bridgehead atoms. The molecule has 1 aromatic heterocycles. The number of benzene rings is 2. The minimum absolute atomic E-state index is 0.265. The van der Waals surface area contributed by atoms with Gasteiger partial charge in [-0.25, -0.2) is 18.3 Å². The van der Waals surface area contributed by atoms with E-state index in [0.29, 0.717) is 43.5 Å². The van der Waals surface area contributed by atoms with Crippen LogP contribution in [0.1, 0.15) is 47.9 Å². The Morgan fingerprint density at radius 1 is 1.11 bits per heavy atom. The predicted molar refractivity (Wildman–Crippen MR) is 138 cm³/mol. The standard InChI is InChI=1S/C28H33F2N5O2/c1-18-26(19-7-6-8-19)33-35(23-9-4-3-5-10-23)27(18)32-28(36)31-25-17-34(11-12-37-2)16-24(25)20-13-21(29)15-22(30)14-20/h3-5,9-10,13-15,19,24-25H,6-8,11-12,16-17H2,1-2H3,(H2,31,32,36)/t24-,25+/m0/s1. The maximum Gasteiger partial charge on any atom is 0.320 e. The molecule has 5 rings (SSSR count). The third-order valence-electron chi connectivity index (χ3n) is 7.52. The highest BCUT2D eigenvalue weighted by atomic mass is 19.1. The number of nitrogens with zero attached hydrogens (tertiary/aromatic N) is 3. The minimum Gasteiger partial charge on any atom is -0.383 e. The summed E-state index contributed by atoms with van der Waals surface area (Å²) >= 11 is 0. The van der Waals surface area contributed by atoms with Crippen LogP contribution in [0.2, 0.25) is 0 Å². The quantitative estimate of drug-likeness (QED) is 0.450. The van der Waals surface area contributed by atoms with Gasteiger partial charge in [0.05, 0.1) is 24.0 Å². The van der Waals surface area contributed by atoms with Gasteiger partial charge in [0, 0.05) is 50.2 Å². The number of rotatable bonds is 8. The van der Waals surface area contributed by atoms with Gasteiger partial charge in [0.2, 0.25) is 0 Å². The van der Waals surface area contributed by atoms with Gasteiger partial charge in [-0.05, 0) is 49.6 Å². The Kier molecular flexibility index (Phi) is 7.53. The Hall–Kier alpha value is -3.30. The molecule has 2 aliphatic rings. The summed E-state index contributed by atoms with van der Waals surface area (Å²) in [6.45, 7) is 4.29. The largest absolute Gasteiger partial charge is 0.383 e. The fourth-order valence-corrected chi connectivity index (χ4v) is 5.36. The molecule has 2 atom stereocenters. The van der Waals surface area contributed by atoms with Crippen molar-refractivity contribution in [2.45, 2.75) is 44.1 Å². The molecule has 2 amide bonds. The maximum atomic E-state index is 14.0. The first-order valence-corrected chi connectivity index (χ1v) is 12.8. The van der Waals surface area contributed by atoms with Crippen LogP contribution >= 0.6 is 0 Å². The van der Waals surface area contributed by atoms with Gasteiger partial charge in [0.15, 0.2) is 0 Å². The van der Waals surface area contributed by atoms with E-state index in [4.69, 9.17) is 9.84 Å². The first-order valence-electron chi connectivity index (χ1n) is 12.8. The number of likely N-dealkylation sites (tertiary alicyclic amines) is 1. The lowest BCUT2D eigenvalue weighted by Crippen LogP contribution is -2.42. The van der Waals surface area contributed by atoms with E-state index in [0.717, 1.165) is 35.9 Å². The zero-order valence-electron chi connectivity index (χ0n) is 21.2. The van der Waals surface area contributed by atoms with Gasteiger partial charge in [-0.2, -0.15) is 5.10 Å². The predicted octanol–water partition coefficient (Wildman–Crippen LogP) is 4.96. The van der Waals surface area contributed by atoms with Crippen LogP contribution in [0.4, 0.5) is 19.4 Å². The number of carbonyl (C=O) groups is 1. The van der Waals surface area contributed by atoms with Gasteiger partial charge < -0.3 is 10.1 Å². The Bertz CT molecular complexity index is 1220. The van der Waals surface area contributed by atoms with Gasteiger partial charge in [0.1, 0.15) is 17.5 Å². The topological polar surface area (TPSA) is 71.4 Å². The van der Waals surface area contributed by atoms with Crippen LogP contribution in [0.5, 0.6) is 0 Å². The number of aromatic nitrogens is 2. The van der Waals surface area contributed by atoms with Gasteiger partial charge in [0.25, 0.3) is 0 Å². The van der Waals surface area contributed by atoms with Crippen LogP contribution in [0.3, 0.4) is 0 Å². The smallest absolute Gasteiger partial charge is 0.320 e. The lowest BCUT2D eigenvalue weighted by molar-refractivity contribution is 0.159. The molecule has 1 saturated heterocycles. The number of carbonyl (C=O) groups excluding carboxylic acids is 1. The van der Waals surface area contributed by atoms with Crippen molar-refractivity contribution in [3.63, 3.8) is 0 Å². The summed E-state index contributed by atoms with van der Waals surface area (Å²) in [7, 11) is 1.63. The molecule has 0 radical (unpaired) electrons. The van der Waals surface area contributed by atoms with E-state index in [2.05, 4.69) is 15.5 Å². The maximum absolute atomic E-state index is 14.0. The van der Waals surface area contributed by atoms with Gasteiger partial charge in [-0.15, -0.1) is 0 Å². The van der Waals surface area contributed by atoms with E-state index >= 15 is 0 Å². The molecule has 196 valence electrons. The summed E-state index contributed by atoms with van der Waals surface area (Å²) < 4.78 is 35.1. The zero-order valence-corrected chi connectivity index (χ0v) is 21.2. The Morgan fingerprint density at radius 2 is 1.84 bits per heavy atom. The molecule has 2 fully saturated rings. The molecule has 2 N–H and O–H groups in total. The Labute approximate surface area is 215 Å². The number of halogens is 2. The second-order valence-corrected chi connectivity index (χ2v) is 10.0. The summed E-state index contributed by atoms with van der Waals surface area (Å²) in [5, 5.41) is 11.0. The van der Waals surface area contributed by atoms with Crippen LogP contribution in [-0.2, 0) is 4.74 Å². The van der Waals surface area contributed by atoms with Crippen LogP contribution in [0.15, 0.2) is 48.5 Å². The number of methoxy groups -OCH3 is 1. The van der Waals surface area contributed by atoms with Crippen LogP contribution in [-0.4, -0.2) is 60.1 Å². The Morgan fingerprint density at radius 3 is 2.49 bits per heavy atom. The van der Waals surface area contributed by atoms with E-state index in [-0.39, 0.29) is 18.0 Å². The molecule has 1 aliphatic carbocycles. The minimum atomic E-state index is -0.626. The summed E-state index contributed by atoms with van der Waals surface area (Å²) in [6.07, 6.45) is 3.39. The average molecular weight is 510 g/mol. The van der Waals surface area contributed by atoms with E-state index in [1.54, 1.807) is 11.8 Å². The fourth-order valence-electron chi connectivity index (χ4n) is 5.36. The highest BCUT2D eigenvalue weighted by Crippen LogP contribution is 2.39.